The van der Waals surface area contributed by atoms with Crippen LogP contribution in [0.1, 0.15) is 36.8 Å². The molecule has 1 N–H and O–H groups in total. The summed E-state index contributed by atoms with van der Waals surface area (Å²) in [5.41, 5.74) is 3.78. The number of carbonyl (C=O) groups excluding carboxylic acids is 1. The molecule has 1 saturated heterocycles. The monoisotopic (exact) mass is 405 g/mol. The Labute approximate surface area is 177 Å². The Bertz CT molecular complexity index is 1030. The molecule has 2 aromatic carbocycles. The number of nitrogens with one attached hydrogen (secondary N) is 1. The molecule has 0 radical (unpaired) electrons. The Morgan fingerprint density at radius 3 is 2.97 bits per heavy atom. The molecule has 4 nitrogen and oxygen atoms in total. The van der Waals surface area contributed by atoms with E-state index >= 15 is 0 Å². The van der Waals surface area contributed by atoms with Crippen molar-refractivity contribution in [2.75, 3.05) is 18.4 Å². The number of aromatic nitrogens is 1. The molecule has 1 aliphatic rings. The quantitative estimate of drug-likeness (QED) is 0.604. The second-order valence-corrected chi connectivity index (χ2v) is 8.28. The van der Waals surface area contributed by atoms with Crippen molar-refractivity contribution in [1.82, 2.24) is 9.88 Å². The molecule has 0 saturated carbocycles. The summed E-state index contributed by atoms with van der Waals surface area (Å²) in [5, 5.41) is 4.10. The van der Waals surface area contributed by atoms with Gasteiger partial charge in [-0.25, -0.2) is 4.39 Å². The summed E-state index contributed by atoms with van der Waals surface area (Å²) in [6.07, 6.45) is 5.53. The van der Waals surface area contributed by atoms with Crippen LogP contribution in [0.3, 0.4) is 0 Å². The molecule has 4 rings (SSSR count). The molecule has 156 valence electrons. The fraction of sp³-hybridized carbons (Fsp3) is 0.360. The number of carbonyl (C=O) groups is 1. The van der Waals surface area contributed by atoms with Crippen LogP contribution in [-0.4, -0.2) is 28.9 Å². The zero-order valence-electron chi connectivity index (χ0n) is 17.4. The van der Waals surface area contributed by atoms with Crippen molar-refractivity contribution in [2.45, 2.75) is 39.2 Å². The number of nitrogens with zero attached hydrogens (tertiary/aromatic N) is 2. The first kappa shape index (κ1) is 20.5. The van der Waals surface area contributed by atoms with E-state index in [4.69, 9.17) is 0 Å². The van der Waals surface area contributed by atoms with Gasteiger partial charge in [0.05, 0.1) is 5.52 Å². The number of hydrogen-bond acceptors (Lipinski definition) is 3. The van der Waals surface area contributed by atoms with E-state index in [9.17, 15) is 9.18 Å². The maximum absolute atomic E-state index is 13.2. The minimum absolute atomic E-state index is 0.0000787. The van der Waals surface area contributed by atoms with Crippen molar-refractivity contribution in [3.05, 3.63) is 71.7 Å². The number of likely N-dealkylation sites (tertiary alicyclic amines) is 1. The second-order valence-electron chi connectivity index (χ2n) is 8.28. The van der Waals surface area contributed by atoms with Gasteiger partial charge in [0.2, 0.25) is 5.91 Å². The number of rotatable bonds is 6. The highest BCUT2D eigenvalue weighted by Crippen LogP contribution is 2.25. The van der Waals surface area contributed by atoms with Crippen LogP contribution in [0.5, 0.6) is 0 Å². The summed E-state index contributed by atoms with van der Waals surface area (Å²) in [6, 6.07) is 14.9. The SMILES string of the molecule is Cc1cc(F)ccc1NC(=O)CC[C@@H]1CCCN(Cc2cccc3cccnc23)C1. The van der Waals surface area contributed by atoms with E-state index in [1.807, 2.05) is 12.3 Å². The van der Waals surface area contributed by atoms with E-state index in [0.717, 1.165) is 50.0 Å². The number of aryl methyl sites for hydroxylation is 1. The summed E-state index contributed by atoms with van der Waals surface area (Å²) < 4.78 is 13.2. The molecule has 1 fully saturated rings. The predicted octanol–water partition coefficient (Wildman–Crippen LogP) is 5.31. The van der Waals surface area contributed by atoms with E-state index in [-0.39, 0.29) is 11.7 Å². The topological polar surface area (TPSA) is 45.2 Å². The summed E-state index contributed by atoms with van der Waals surface area (Å²) in [4.78, 5) is 19.4. The third kappa shape index (κ3) is 5.03. The lowest BCUT2D eigenvalue weighted by Gasteiger charge is -2.33. The van der Waals surface area contributed by atoms with Gasteiger partial charge in [0.15, 0.2) is 0 Å². The van der Waals surface area contributed by atoms with Crippen LogP contribution in [0.4, 0.5) is 10.1 Å². The van der Waals surface area contributed by atoms with Crippen molar-refractivity contribution >= 4 is 22.5 Å². The number of amides is 1. The average molecular weight is 406 g/mol. The van der Waals surface area contributed by atoms with E-state index in [2.05, 4.69) is 39.5 Å². The van der Waals surface area contributed by atoms with Gasteiger partial charge >= 0.3 is 0 Å². The summed E-state index contributed by atoms with van der Waals surface area (Å²) in [7, 11) is 0. The minimum Gasteiger partial charge on any atom is -0.326 e. The van der Waals surface area contributed by atoms with Gasteiger partial charge in [0.25, 0.3) is 0 Å². The number of para-hydroxylation sites is 1. The summed E-state index contributed by atoms with van der Waals surface area (Å²) in [6.45, 7) is 4.79. The van der Waals surface area contributed by atoms with Crippen LogP contribution in [0.15, 0.2) is 54.7 Å². The Morgan fingerprint density at radius 2 is 2.10 bits per heavy atom. The number of anilines is 1. The lowest BCUT2D eigenvalue weighted by Crippen LogP contribution is -2.35. The van der Waals surface area contributed by atoms with Crippen LogP contribution in [-0.2, 0) is 11.3 Å². The molecule has 1 aliphatic heterocycles. The molecule has 1 atom stereocenters. The number of pyridine rings is 1. The third-order valence-corrected chi connectivity index (χ3v) is 5.96. The molecule has 0 spiro atoms. The van der Waals surface area contributed by atoms with E-state index in [0.29, 0.717) is 18.0 Å². The van der Waals surface area contributed by atoms with Crippen molar-refractivity contribution in [1.29, 1.82) is 0 Å². The first-order valence-electron chi connectivity index (χ1n) is 10.7. The van der Waals surface area contributed by atoms with Crippen LogP contribution < -0.4 is 5.32 Å². The standard InChI is InChI=1S/C25H28FN3O/c1-18-15-22(26)10-11-23(18)28-24(30)12-9-19-5-4-14-29(16-19)17-21-7-2-6-20-8-3-13-27-25(20)21/h2-3,6-8,10-11,13,15,19H,4-5,9,12,14,16-17H2,1H3,(H,28,30)/t19-/m0/s1. The van der Waals surface area contributed by atoms with Crippen LogP contribution in [0, 0.1) is 18.7 Å². The molecule has 0 unspecified atom stereocenters. The van der Waals surface area contributed by atoms with Crippen molar-refractivity contribution < 1.29 is 9.18 Å². The molecule has 2 heterocycles. The second kappa shape index (κ2) is 9.35. The van der Waals surface area contributed by atoms with E-state index < -0.39 is 0 Å². The zero-order chi connectivity index (χ0) is 20.9. The Morgan fingerprint density at radius 1 is 1.23 bits per heavy atom. The van der Waals surface area contributed by atoms with E-state index in [1.54, 1.807) is 13.0 Å². The minimum atomic E-state index is -0.283. The largest absolute Gasteiger partial charge is 0.326 e. The first-order valence-corrected chi connectivity index (χ1v) is 10.7. The van der Waals surface area contributed by atoms with Crippen molar-refractivity contribution in [2.24, 2.45) is 5.92 Å². The maximum Gasteiger partial charge on any atom is 0.224 e. The highest BCUT2D eigenvalue weighted by Gasteiger charge is 2.21. The number of benzene rings is 2. The number of hydrogen-bond donors (Lipinski definition) is 1. The molecular formula is C25H28FN3O. The molecule has 3 aromatic rings. The molecular weight excluding hydrogens is 377 g/mol. The normalized spacial score (nSPS) is 17.2. The lowest BCUT2D eigenvalue weighted by atomic mass is 9.92. The molecule has 1 aromatic heterocycles. The van der Waals surface area contributed by atoms with Crippen molar-refractivity contribution in [3.8, 4) is 0 Å². The zero-order valence-corrected chi connectivity index (χ0v) is 17.4. The van der Waals surface area contributed by atoms with E-state index in [1.165, 1.54) is 23.1 Å². The van der Waals surface area contributed by atoms with Gasteiger partial charge in [-0.1, -0.05) is 24.3 Å². The molecule has 0 aliphatic carbocycles. The van der Waals surface area contributed by atoms with Gasteiger partial charge in [0.1, 0.15) is 5.82 Å². The summed E-state index contributed by atoms with van der Waals surface area (Å²) >= 11 is 0. The number of fused-ring (bicyclic) bond motifs is 1. The number of piperidine rings is 1. The van der Waals surface area contributed by atoms with Crippen LogP contribution >= 0.6 is 0 Å². The average Bonchev–Trinajstić information content (AvgIpc) is 2.75. The molecule has 30 heavy (non-hydrogen) atoms. The fourth-order valence-electron chi connectivity index (χ4n) is 4.38. The van der Waals surface area contributed by atoms with Crippen LogP contribution in [0.2, 0.25) is 0 Å². The Kier molecular flexibility index (Phi) is 6.38. The first-order chi connectivity index (χ1) is 14.6. The van der Waals surface area contributed by atoms with Crippen molar-refractivity contribution in [3.63, 3.8) is 0 Å². The van der Waals surface area contributed by atoms with Gasteiger partial charge in [0, 0.05) is 36.8 Å². The smallest absolute Gasteiger partial charge is 0.224 e. The van der Waals surface area contributed by atoms with Gasteiger partial charge in [-0.2, -0.15) is 0 Å². The Balaban J connectivity index is 1.31. The maximum atomic E-state index is 13.2. The molecule has 0 bridgehead atoms. The summed E-state index contributed by atoms with van der Waals surface area (Å²) in [5.74, 6) is 0.232. The predicted molar refractivity (Wildman–Crippen MR) is 119 cm³/mol. The molecule has 5 heteroatoms. The molecule has 1 amide bonds. The third-order valence-electron chi connectivity index (χ3n) is 5.96. The van der Waals surface area contributed by atoms with Gasteiger partial charge < -0.3 is 5.32 Å². The van der Waals surface area contributed by atoms with Gasteiger partial charge in [-0.05, 0) is 74.0 Å². The van der Waals surface area contributed by atoms with Gasteiger partial charge in [-0.3, -0.25) is 14.7 Å². The Hall–Kier alpha value is -2.79. The lowest BCUT2D eigenvalue weighted by molar-refractivity contribution is -0.116. The van der Waals surface area contributed by atoms with Gasteiger partial charge in [-0.15, -0.1) is 0 Å². The highest BCUT2D eigenvalue weighted by atomic mass is 19.1. The number of halogens is 1. The van der Waals surface area contributed by atoms with Crippen LogP contribution in [0.25, 0.3) is 10.9 Å². The fourth-order valence-corrected chi connectivity index (χ4v) is 4.38. The highest BCUT2D eigenvalue weighted by molar-refractivity contribution is 5.91.